The van der Waals surface area contributed by atoms with Crippen molar-refractivity contribution >= 4 is 28.7 Å². The highest BCUT2D eigenvalue weighted by atomic mass is 32.1. The van der Waals surface area contributed by atoms with Crippen LogP contribution in [0.4, 0.5) is 11.4 Å². The molecule has 35 heavy (non-hydrogen) atoms. The van der Waals surface area contributed by atoms with E-state index in [0.29, 0.717) is 5.11 Å². The lowest BCUT2D eigenvalue weighted by Gasteiger charge is -2.31. The molecule has 0 saturated carbocycles. The second-order valence-corrected chi connectivity index (χ2v) is 9.01. The summed E-state index contributed by atoms with van der Waals surface area (Å²) in [7, 11) is 0. The van der Waals surface area contributed by atoms with E-state index in [-0.39, 0.29) is 12.1 Å². The second kappa shape index (κ2) is 9.48. The van der Waals surface area contributed by atoms with E-state index in [2.05, 4.69) is 78.3 Å². The van der Waals surface area contributed by atoms with Gasteiger partial charge >= 0.3 is 0 Å². The molecule has 2 aliphatic rings. The molecular weight excluding hydrogens is 456 g/mol. The lowest BCUT2D eigenvalue weighted by molar-refractivity contribution is 0.122. The lowest BCUT2D eigenvalue weighted by Crippen LogP contribution is -2.36. The van der Waals surface area contributed by atoms with Crippen molar-refractivity contribution in [2.45, 2.75) is 12.1 Å². The molecule has 1 N–H and O–H groups in total. The average Bonchev–Trinajstić information content (AvgIpc) is 3.55. The Morgan fingerprint density at radius 2 is 1.60 bits per heavy atom. The van der Waals surface area contributed by atoms with E-state index >= 15 is 0 Å². The molecule has 3 aromatic heterocycles. The number of rotatable bonds is 5. The van der Waals surface area contributed by atoms with E-state index < -0.39 is 0 Å². The quantitative estimate of drug-likeness (QED) is 0.426. The van der Waals surface area contributed by atoms with Crippen molar-refractivity contribution in [1.29, 1.82) is 0 Å². The molecule has 1 aromatic carbocycles. The van der Waals surface area contributed by atoms with Crippen LogP contribution in [0.5, 0.6) is 0 Å². The SMILES string of the molecule is S=C1N[C@@H](c2ccccn2)[C@@H](c2cccn2-c2ccncc2)N1c1ccc(N2CCOCC2)cc1. The molecule has 0 radical (unpaired) electrons. The van der Waals surface area contributed by atoms with Crippen molar-refractivity contribution in [1.82, 2.24) is 19.9 Å². The van der Waals surface area contributed by atoms with Crippen molar-refractivity contribution in [3.63, 3.8) is 0 Å². The number of benzene rings is 1. The summed E-state index contributed by atoms with van der Waals surface area (Å²) in [6.07, 6.45) is 7.55. The molecule has 2 aliphatic heterocycles. The number of nitrogens with zero attached hydrogens (tertiary/aromatic N) is 5. The highest BCUT2D eigenvalue weighted by Gasteiger charge is 2.42. The van der Waals surface area contributed by atoms with Gasteiger partial charge in [-0.2, -0.15) is 0 Å². The molecule has 0 aliphatic carbocycles. The van der Waals surface area contributed by atoms with E-state index in [1.165, 1.54) is 5.69 Å². The molecule has 5 heterocycles. The Hall–Kier alpha value is -3.75. The molecule has 0 spiro atoms. The van der Waals surface area contributed by atoms with Gasteiger partial charge in [0.05, 0.1) is 24.9 Å². The minimum atomic E-state index is -0.0990. The number of hydrogen-bond acceptors (Lipinski definition) is 5. The Bertz CT molecular complexity index is 1290. The third-order valence-electron chi connectivity index (χ3n) is 6.63. The van der Waals surface area contributed by atoms with Crippen molar-refractivity contribution in [2.75, 3.05) is 36.1 Å². The Kier molecular flexibility index (Phi) is 5.89. The summed E-state index contributed by atoms with van der Waals surface area (Å²) in [5.41, 5.74) is 5.38. The highest BCUT2D eigenvalue weighted by Crippen LogP contribution is 2.42. The highest BCUT2D eigenvalue weighted by molar-refractivity contribution is 7.80. The smallest absolute Gasteiger partial charge is 0.174 e. The van der Waals surface area contributed by atoms with Gasteiger partial charge in [-0.15, -0.1) is 0 Å². The number of nitrogens with one attached hydrogen (secondary N) is 1. The summed E-state index contributed by atoms with van der Waals surface area (Å²) in [6.45, 7) is 3.35. The third-order valence-corrected chi connectivity index (χ3v) is 6.94. The Labute approximate surface area is 210 Å². The number of thiocarbonyl (C=S) groups is 1. The largest absolute Gasteiger partial charge is 0.378 e. The zero-order valence-electron chi connectivity index (χ0n) is 19.2. The second-order valence-electron chi connectivity index (χ2n) is 8.62. The zero-order valence-corrected chi connectivity index (χ0v) is 20.0. The fourth-order valence-electron chi connectivity index (χ4n) is 4.95. The van der Waals surface area contributed by atoms with Crippen LogP contribution in [0, 0.1) is 0 Å². The molecular formula is C27H26N6OS. The van der Waals surface area contributed by atoms with Crippen molar-refractivity contribution in [3.05, 3.63) is 103 Å². The van der Waals surface area contributed by atoms with E-state index in [1.54, 1.807) is 0 Å². The number of aromatic nitrogens is 3. The Morgan fingerprint density at radius 1 is 0.829 bits per heavy atom. The molecule has 2 saturated heterocycles. The van der Waals surface area contributed by atoms with Gasteiger partial charge in [0.25, 0.3) is 0 Å². The van der Waals surface area contributed by atoms with Gasteiger partial charge in [-0.05, 0) is 72.9 Å². The van der Waals surface area contributed by atoms with Crippen molar-refractivity contribution in [2.24, 2.45) is 0 Å². The van der Waals surface area contributed by atoms with E-state index in [4.69, 9.17) is 17.0 Å². The normalized spacial score (nSPS) is 20.2. The van der Waals surface area contributed by atoms with Gasteiger partial charge in [0.2, 0.25) is 0 Å². The van der Waals surface area contributed by atoms with Crippen LogP contribution in [0.3, 0.4) is 0 Å². The van der Waals surface area contributed by atoms with Crippen LogP contribution in [-0.2, 0) is 4.74 Å². The standard InChI is InChI=1S/C27H26N6OS/c35-27-30-25(23-4-1-2-12-29-23)26(24-5-3-15-32(24)21-10-13-28-14-11-21)33(27)22-8-6-20(7-9-22)31-16-18-34-19-17-31/h1-15,25-26H,16-19H2,(H,30,35)/t25-,26+/m0/s1. The van der Waals surface area contributed by atoms with Crippen LogP contribution in [0.2, 0.25) is 0 Å². The number of ether oxygens (including phenoxy) is 1. The third kappa shape index (κ3) is 4.15. The maximum absolute atomic E-state index is 5.91. The van der Waals surface area contributed by atoms with Crippen molar-refractivity contribution < 1.29 is 4.74 Å². The molecule has 0 bridgehead atoms. The molecule has 0 unspecified atom stereocenters. The Balaban J connectivity index is 1.41. The summed E-state index contributed by atoms with van der Waals surface area (Å²) in [5.74, 6) is 0. The summed E-state index contributed by atoms with van der Waals surface area (Å²) in [4.78, 5) is 13.4. The van der Waals surface area contributed by atoms with Crippen LogP contribution in [0.1, 0.15) is 23.5 Å². The maximum Gasteiger partial charge on any atom is 0.174 e. The molecule has 8 heteroatoms. The predicted molar refractivity (Wildman–Crippen MR) is 141 cm³/mol. The zero-order chi connectivity index (χ0) is 23.6. The molecule has 7 nitrogen and oxygen atoms in total. The van der Waals surface area contributed by atoms with Crippen LogP contribution < -0.4 is 15.1 Å². The van der Waals surface area contributed by atoms with E-state index in [0.717, 1.165) is 49.1 Å². The summed E-state index contributed by atoms with van der Waals surface area (Å²) >= 11 is 5.91. The molecule has 6 rings (SSSR count). The lowest BCUT2D eigenvalue weighted by atomic mass is 10.0. The molecule has 2 atom stereocenters. The van der Waals surface area contributed by atoms with Gasteiger partial charge in [-0.3, -0.25) is 9.97 Å². The minimum absolute atomic E-state index is 0.0881. The number of pyridine rings is 2. The monoisotopic (exact) mass is 482 g/mol. The summed E-state index contributed by atoms with van der Waals surface area (Å²) in [5, 5.41) is 4.24. The van der Waals surface area contributed by atoms with Gasteiger partial charge in [0, 0.05) is 60.6 Å². The van der Waals surface area contributed by atoms with Crippen LogP contribution in [0.15, 0.2) is 91.5 Å². The topological polar surface area (TPSA) is 58.5 Å². The first-order valence-electron chi connectivity index (χ1n) is 11.8. The van der Waals surface area contributed by atoms with E-state index in [1.807, 2.05) is 42.9 Å². The first-order chi connectivity index (χ1) is 17.3. The van der Waals surface area contributed by atoms with Gasteiger partial charge in [0.15, 0.2) is 5.11 Å². The summed E-state index contributed by atoms with van der Waals surface area (Å²) in [6, 6.07) is 22.8. The number of anilines is 2. The van der Waals surface area contributed by atoms with Crippen molar-refractivity contribution in [3.8, 4) is 5.69 Å². The average molecular weight is 483 g/mol. The van der Waals surface area contributed by atoms with E-state index in [9.17, 15) is 0 Å². The summed E-state index contributed by atoms with van der Waals surface area (Å²) < 4.78 is 7.71. The number of hydrogen-bond donors (Lipinski definition) is 1. The van der Waals surface area contributed by atoms with Gasteiger partial charge < -0.3 is 24.4 Å². The van der Waals surface area contributed by atoms with Gasteiger partial charge in [-0.25, -0.2) is 0 Å². The molecule has 0 amide bonds. The fourth-order valence-corrected chi connectivity index (χ4v) is 5.30. The molecule has 176 valence electrons. The van der Waals surface area contributed by atoms with Crippen LogP contribution in [-0.4, -0.2) is 46.0 Å². The molecule has 2 fully saturated rings. The predicted octanol–water partition coefficient (Wildman–Crippen LogP) is 4.28. The molecule has 4 aromatic rings. The van der Waals surface area contributed by atoms with Crippen LogP contribution in [0.25, 0.3) is 5.69 Å². The fraction of sp³-hybridized carbons (Fsp3) is 0.222. The first-order valence-corrected chi connectivity index (χ1v) is 12.2. The number of morpholine rings is 1. The maximum atomic E-state index is 5.91. The van der Waals surface area contributed by atoms with Gasteiger partial charge in [-0.1, -0.05) is 6.07 Å². The minimum Gasteiger partial charge on any atom is -0.378 e. The first kappa shape index (κ1) is 21.8. The van der Waals surface area contributed by atoms with Crippen LogP contribution >= 0.6 is 12.2 Å². The Morgan fingerprint density at radius 3 is 2.34 bits per heavy atom. The van der Waals surface area contributed by atoms with Gasteiger partial charge in [0.1, 0.15) is 6.04 Å².